The molecule has 0 spiro atoms. The predicted molar refractivity (Wildman–Crippen MR) is 146 cm³/mol. The largest absolute Gasteiger partial charge is 0.507 e. The molecule has 0 radical (unpaired) electrons. The molecule has 2 aromatic carbocycles. The lowest BCUT2D eigenvalue weighted by atomic mass is 9.85. The Morgan fingerprint density at radius 1 is 1.14 bits per heavy atom. The molecule has 0 atom stereocenters. The number of unbranched alkanes of at least 4 members (excludes halogenated alkanes) is 1. The monoisotopic (exact) mass is 504 g/mol. The Morgan fingerprint density at radius 3 is 2.76 bits per heavy atom. The fourth-order valence-corrected chi connectivity index (χ4v) is 5.73. The van der Waals surface area contributed by atoms with Crippen molar-refractivity contribution in [2.45, 2.75) is 71.4 Å². The number of aromatic nitrogens is 2. The average Bonchev–Trinajstić information content (AvgIpc) is 3.50. The van der Waals surface area contributed by atoms with Gasteiger partial charge in [-0.15, -0.1) is 0 Å². The second-order valence-electron chi connectivity index (χ2n) is 10.9. The smallest absolute Gasteiger partial charge is 0.258 e. The molecule has 0 saturated heterocycles. The van der Waals surface area contributed by atoms with Crippen molar-refractivity contribution < 1.29 is 14.6 Å². The number of phenolic OH excluding ortho intramolecular Hbond substituents is 1. The number of rotatable bonds is 10. The minimum absolute atomic E-state index is 0.00228. The fourth-order valence-electron chi connectivity index (χ4n) is 5.73. The Kier molecular flexibility index (Phi) is 7.99. The number of carbonyl (C=O) groups is 1. The second kappa shape index (κ2) is 11.5. The van der Waals surface area contributed by atoms with Gasteiger partial charge in [-0.3, -0.25) is 9.89 Å². The second-order valence-corrected chi connectivity index (χ2v) is 10.9. The first-order chi connectivity index (χ1) is 18.0. The molecule has 1 fully saturated rings. The van der Waals surface area contributed by atoms with Crippen molar-refractivity contribution in [2.75, 3.05) is 26.7 Å². The van der Waals surface area contributed by atoms with Gasteiger partial charge in [-0.1, -0.05) is 51.5 Å². The summed E-state index contributed by atoms with van der Waals surface area (Å²) in [6.07, 6.45) is 9.70. The summed E-state index contributed by atoms with van der Waals surface area (Å²) in [5.41, 5.74) is 4.36. The lowest BCUT2D eigenvalue weighted by Crippen LogP contribution is -2.25. The SMILES string of the molecule is CCCCN(C)CCOc1ccc2c(c1)CN(C(=O)c1cc3c(CC4CCCCC4)n[nH]c3cc1O)C2. The number of H-pyrrole nitrogens is 1. The molecule has 3 aromatic rings. The van der Waals surface area contributed by atoms with Crippen LogP contribution < -0.4 is 4.74 Å². The number of fused-ring (bicyclic) bond motifs is 2. The number of nitrogens with zero attached hydrogens (tertiary/aromatic N) is 3. The quantitative estimate of drug-likeness (QED) is 0.372. The number of likely N-dealkylation sites (N-methyl/N-ethyl adjacent to an activating group) is 1. The molecule has 1 aliphatic heterocycles. The van der Waals surface area contributed by atoms with Crippen LogP contribution in [0.15, 0.2) is 30.3 Å². The van der Waals surface area contributed by atoms with E-state index in [0.29, 0.717) is 31.2 Å². The maximum atomic E-state index is 13.5. The highest BCUT2D eigenvalue weighted by molar-refractivity contribution is 6.01. The predicted octanol–water partition coefficient (Wildman–Crippen LogP) is 5.66. The molecule has 1 saturated carbocycles. The summed E-state index contributed by atoms with van der Waals surface area (Å²) in [6.45, 7) is 5.87. The number of benzene rings is 2. The van der Waals surface area contributed by atoms with Crippen molar-refractivity contribution in [3.8, 4) is 11.5 Å². The Morgan fingerprint density at radius 2 is 1.95 bits per heavy atom. The first kappa shape index (κ1) is 25.6. The van der Waals surface area contributed by atoms with Gasteiger partial charge in [-0.25, -0.2) is 0 Å². The van der Waals surface area contributed by atoms with Gasteiger partial charge in [0.25, 0.3) is 5.91 Å². The number of phenols is 1. The zero-order valence-electron chi connectivity index (χ0n) is 22.3. The molecule has 37 heavy (non-hydrogen) atoms. The van der Waals surface area contributed by atoms with Gasteiger partial charge in [0.1, 0.15) is 18.1 Å². The van der Waals surface area contributed by atoms with E-state index in [0.717, 1.165) is 53.0 Å². The maximum Gasteiger partial charge on any atom is 0.258 e. The van der Waals surface area contributed by atoms with Crippen LogP contribution in [-0.4, -0.2) is 57.8 Å². The average molecular weight is 505 g/mol. The molecule has 0 unspecified atom stereocenters. The van der Waals surface area contributed by atoms with Crippen molar-refractivity contribution >= 4 is 16.8 Å². The van der Waals surface area contributed by atoms with Crippen LogP contribution in [0.1, 0.15) is 79.0 Å². The van der Waals surface area contributed by atoms with Gasteiger partial charge >= 0.3 is 0 Å². The summed E-state index contributed by atoms with van der Waals surface area (Å²) in [4.78, 5) is 17.6. The van der Waals surface area contributed by atoms with Gasteiger partial charge in [-0.05, 0) is 61.7 Å². The zero-order valence-corrected chi connectivity index (χ0v) is 22.3. The van der Waals surface area contributed by atoms with E-state index in [-0.39, 0.29) is 11.7 Å². The number of aromatic hydroxyl groups is 1. The van der Waals surface area contributed by atoms with Crippen molar-refractivity contribution in [3.63, 3.8) is 0 Å². The highest BCUT2D eigenvalue weighted by Crippen LogP contribution is 2.33. The first-order valence-corrected chi connectivity index (χ1v) is 13.9. The summed E-state index contributed by atoms with van der Waals surface area (Å²) in [5.74, 6) is 1.33. The number of ether oxygens (including phenoxy) is 1. The summed E-state index contributed by atoms with van der Waals surface area (Å²) in [5, 5.41) is 19.3. The van der Waals surface area contributed by atoms with Crippen molar-refractivity contribution in [3.05, 3.63) is 52.7 Å². The van der Waals surface area contributed by atoms with E-state index in [2.05, 4.69) is 41.2 Å². The molecule has 7 nitrogen and oxygen atoms in total. The van der Waals surface area contributed by atoms with Crippen molar-refractivity contribution in [1.29, 1.82) is 0 Å². The Labute approximate surface area is 219 Å². The molecule has 198 valence electrons. The van der Waals surface area contributed by atoms with E-state index < -0.39 is 0 Å². The molecule has 0 bridgehead atoms. The molecular weight excluding hydrogens is 464 g/mol. The van der Waals surface area contributed by atoms with Crippen LogP contribution >= 0.6 is 0 Å². The lowest BCUT2D eigenvalue weighted by molar-refractivity contribution is 0.0748. The summed E-state index contributed by atoms with van der Waals surface area (Å²) < 4.78 is 6.00. The van der Waals surface area contributed by atoms with Gasteiger partial charge in [0.15, 0.2) is 0 Å². The van der Waals surface area contributed by atoms with Crippen molar-refractivity contribution in [1.82, 2.24) is 20.0 Å². The van der Waals surface area contributed by atoms with E-state index >= 15 is 0 Å². The van der Waals surface area contributed by atoms with Gasteiger partial charge in [0.05, 0.1) is 16.8 Å². The summed E-state index contributed by atoms with van der Waals surface area (Å²) >= 11 is 0. The Bertz CT molecular complexity index is 1230. The number of amides is 1. The number of hydrogen-bond acceptors (Lipinski definition) is 5. The maximum absolute atomic E-state index is 13.5. The first-order valence-electron chi connectivity index (χ1n) is 13.9. The van der Waals surface area contributed by atoms with Gasteiger partial charge in [0.2, 0.25) is 0 Å². The van der Waals surface area contributed by atoms with Crippen LogP contribution in [0.5, 0.6) is 11.5 Å². The number of aromatic amines is 1. The van der Waals surface area contributed by atoms with E-state index in [1.54, 1.807) is 11.0 Å². The molecule has 5 rings (SSSR count). The molecular formula is C30H40N4O3. The van der Waals surface area contributed by atoms with E-state index in [9.17, 15) is 9.90 Å². The third-order valence-electron chi connectivity index (χ3n) is 8.02. The Balaban J connectivity index is 1.25. The molecule has 7 heteroatoms. The third kappa shape index (κ3) is 5.93. The van der Waals surface area contributed by atoms with Gasteiger partial charge in [0, 0.05) is 31.1 Å². The minimum Gasteiger partial charge on any atom is -0.507 e. The molecule has 1 amide bonds. The summed E-state index contributed by atoms with van der Waals surface area (Å²) in [7, 11) is 2.13. The van der Waals surface area contributed by atoms with E-state index in [4.69, 9.17) is 4.74 Å². The van der Waals surface area contributed by atoms with Crippen LogP contribution in [0.4, 0.5) is 0 Å². The number of nitrogens with one attached hydrogen (secondary N) is 1. The molecule has 2 N–H and O–H groups in total. The van der Waals surface area contributed by atoms with E-state index in [1.807, 2.05) is 12.1 Å². The van der Waals surface area contributed by atoms with Crippen molar-refractivity contribution in [2.24, 2.45) is 5.92 Å². The van der Waals surface area contributed by atoms with Crippen LogP contribution in [0, 0.1) is 5.92 Å². The fraction of sp³-hybridized carbons (Fsp3) is 0.533. The summed E-state index contributed by atoms with van der Waals surface area (Å²) in [6, 6.07) is 9.58. The third-order valence-corrected chi connectivity index (χ3v) is 8.02. The number of carbonyl (C=O) groups excluding carboxylic acids is 1. The van der Waals surface area contributed by atoms with E-state index in [1.165, 1.54) is 44.9 Å². The molecule has 1 aromatic heterocycles. The zero-order chi connectivity index (χ0) is 25.8. The Hall–Kier alpha value is -3.06. The van der Waals surface area contributed by atoms with Crippen LogP contribution in [-0.2, 0) is 19.5 Å². The van der Waals surface area contributed by atoms with Crippen LogP contribution in [0.25, 0.3) is 10.9 Å². The van der Waals surface area contributed by atoms with Gasteiger partial charge in [-0.2, -0.15) is 5.10 Å². The van der Waals surface area contributed by atoms with Gasteiger partial charge < -0.3 is 19.6 Å². The minimum atomic E-state index is -0.152. The number of hydrogen-bond donors (Lipinski definition) is 2. The van der Waals surface area contributed by atoms with Crippen LogP contribution in [0.2, 0.25) is 0 Å². The standard InChI is InChI=1S/C30H40N4O3/c1-3-4-12-33(2)13-14-37-24-11-10-22-19-34(20-23(22)16-24)30(36)26-17-25-27(15-21-8-6-5-7-9-21)31-32-28(25)18-29(26)35/h10-11,16-18,21,35H,3-9,12-15,19-20H2,1-2H3,(H,31,32). The highest BCUT2D eigenvalue weighted by atomic mass is 16.5. The lowest BCUT2D eigenvalue weighted by Gasteiger charge is -2.20. The van der Waals surface area contributed by atoms with Crippen LogP contribution in [0.3, 0.4) is 0 Å². The molecule has 1 aliphatic carbocycles. The topological polar surface area (TPSA) is 81.7 Å². The molecule has 2 aliphatic rings. The normalized spacial score (nSPS) is 16.0. The highest BCUT2D eigenvalue weighted by Gasteiger charge is 2.27. The molecule has 2 heterocycles.